The van der Waals surface area contributed by atoms with Gasteiger partial charge in [-0.05, 0) is 43.4 Å². The van der Waals surface area contributed by atoms with Gasteiger partial charge in [-0.2, -0.15) is 0 Å². The highest BCUT2D eigenvalue weighted by molar-refractivity contribution is 5.41. The Morgan fingerprint density at radius 3 is 2.69 bits per heavy atom. The van der Waals surface area contributed by atoms with Crippen LogP contribution in [0, 0.1) is 21.3 Å². The lowest BCUT2D eigenvalue weighted by Crippen LogP contribution is -2.18. The van der Waals surface area contributed by atoms with Crippen molar-refractivity contribution >= 4 is 5.69 Å². The van der Waals surface area contributed by atoms with Gasteiger partial charge in [0.05, 0.1) is 4.92 Å². The number of nitro benzene ring substituents is 1. The van der Waals surface area contributed by atoms with Crippen molar-refractivity contribution in [3.05, 3.63) is 39.7 Å². The van der Waals surface area contributed by atoms with E-state index in [1.165, 1.54) is 12.1 Å². The molecule has 1 saturated carbocycles. The minimum atomic E-state index is -0.471. The SMILES string of the molecule is NCC1(Cc2cc(F)ccc2[N+](=O)[O-])CC1. The summed E-state index contributed by atoms with van der Waals surface area (Å²) in [5.41, 5.74) is 6.03. The van der Waals surface area contributed by atoms with Crippen molar-refractivity contribution in [2.75, 3.05) is 6.54 Å². The second-order valence-electron chi connectivity index (χ2n) is 4.41. The van der Waals surface area contributed by atoms with Gasteiger partial charge in [0.15, 0.2) is 0 Å². The van der Waals surface area contributed by atoms with Gasteiger partial charge in [-0.25, -0.2) is 4.39 Å². The van der Waals surface area contributed by atoms with Gasteiger partial charge < -0.3 is 5.73 Å². The maximum absolute atomic E-state index is 13.1. The first-order chi connectivity index (χ1) is 7.56. The van der Waals surface area contributed by atoms with Crippen molar-refractivity contribution in [2.24, 2.45) is 11.1 Å². The average Bonchev–Trinajstić information content (AvgIpc) is 2.98. The highest BCUT2D eigenvalue weighted by Crippen LogP contribution is 2.48. The van der Waals surface area contributed by atoms with Crippen LogP contribution in [0.5, 0.6) is 0 Å². The summed E-state index contributed by atoms with van der Waals surface area (Å²) in [5.74, 6) is -0.437. The quantitative estimate of drug-likeness (QED) is 0.628. The fraction of sp³-hybridized carbons (Fsp3) is 0.455. The minimum absolute atomic E-state index is 0.0128. The van der Waals surface area contributed by atoms with E-state index in [0.29, 0.717) is 18.5 Å². The van der Waals surface area contributed by atoms with Crippen LogP contribution in [0.1, 0.15) is 18.4 Å². The predicted octanol–water partition coefficient (Wildman–Crippen LogP) is 2.02. The second-order valence-corrected chi connectivity index (χ2v) is 4.41. The van der Waals surface area contributed by atoms with E-state index in [9.17, 15) is 14.5 Å². The zero-order valence-corrected chi connectivity index (χ0v) is 8.78. The molecule has 1 aromatic rings. The lowest BCUT2D eigenvalue weighted by molar-refractivity contribution is -0.385. The molecule has 0 amide bonds. The molecule has 0 aliphatic heterocycles. The molecule has 2 N–H and O–H groups in total. The molecule has 1 aliphatic rings. The topological polar surface area (TPSA) is 69.2 Å². The van der Waals surface area contributed by atoms with Gasteiger partial charge in [-0.15, -0.1) is 0 Å². The first-order valence-electron chi connectivity index (χ1n) is 5.19. The molecule has 0 bridgehead atoms. The Hall–Kier alpha value is -1.49. The predicted molar refractivity (Wildman–Crippen MR) is 57.5 cm³/mol. The van der Waals surface area contributed by atoms with Gasteiger partial charge in [0.1, 0.15) is 5.82 Å². The monoisotopic (exact) mass is 224 g/mol. The average molecular weight is 224 g/mol. The summed E-state index contributed by atoms with van der Waals surface area (Å²) in [5, 5.41) is 10.8. The Bertz CT molecular complexity index is 430. The Kier molecular flexibility index (Phi) is 2.63. The Morgan fingerprint density at radius 2 is 2.19 bits per heavy atom. The van der Waals surface area contributed by atoms with E-state index in [-0.39, 0.29) is 11.1 Å². The Morgan fingerprint density at radius 1 is 1.50 bits per heavy atom. The van der Waals surface area contributed by atoms with Crippen LogP contribution < -0.4 is 5.73 Å². The summed E-state index contributed by atoms with van der Waals surface area (Å²) < 4.78 is 13.1. The van der Waals surface area contributed by atoms with Crippen LogP contribution in [0.2, 0.25) is 0 Å². The van der Waals surface area contributed by atoms with Crippen molar-refractivity contribution in [3.8, 4) is 0 Å². The van der Waals surface area contributed by atoms with Gasteiger partial charge in [0, 0.05) is 11.6 Å². The molecule has 0 spiro atoms. The number of hydrogen-bond acceptors (Lipinski definition) is 3. The maximum Gasteiger partial charge on any atom is 0.272 e. The van der Waals surface area contributed by atoms with Gasteiger partial charge in [-0.3, -0.25) is 10.1 Å². The third-order valence-corrected chi connectivity index (χ3v) is 3.19. The fourth-order valence-electron chi connectivity index (χ4n) is 1.91. The summed E-state index contributed by atoms with van der Waals surface area (Å²) in [4.78, 5) is 10.3. The van der Waals surface area contributed by atoms with E-state index in [1.807, 2.05) is 0 Å². The molecule has 0 saturated heterocycles. The molecule has 16 heavy (non-hydrogen) atoms. The first-order valence-corrected chi connectivity index (χ1v) is 5.19. The molecule has 86 valence electrons. The van der Waals surface area contributed by atoms with Crippen molar-refractivity contribution in [2.45, 2.75) is 19.3 Å². The molecule has 0 heterocycles. The number of halogens is 1. The molecule has 1 aliphatic carbocycles. The number of hydrogen-bond donors (Lipinski definition) is 1. The van der Waals surface area contributed by atoms with E-state index in [4.69, 9.17) is 5.73 Å². The molecule has 1 fully saturated rings. The number of benzene rings is 1. The Labute approximate surface area is 92.4 Å². The molecule has 0 atom stereocenters. The van der Waals surface area contributed by atoms with Crippen molar-refractivity contribution in [3.63, 3.8) is 0 Å². The summed E-state index contributed by atoms with van der Waals surface area (Å²) >= 11 is 0. The number of nitrogens with zero attached hydrogens (tertiary/aromatic N) is 1. The summed E-state index contributed by atoms with van der Waals surface area (Å²) in [6, 6.07) is 3.58. The van der Waals surface area contributed by atoms with Crippen LogP contribution in [-0.2, 0) is 6.42 Å². The van der Waals surface area contributed by atoms with E-state index in [2.05, 4.69) is 0 Å². The molecule has 5 heteroatoms. The molecular weight excluding hydrogens is 211 g/mol. The highest BCUT2D eigenvalue weighted by Gasteiger charge is 2.42. The van der Waals surface area contributed by atoms with Gasteiger partial charge in [-0.1, -0.05) is 0 Å². The zero-order valence-electron chi connectivity index (χ0n) is 8.78. The summed E-state index contributed by atoms with van der Waals surface area (Å²) in [6.07, 6.45) is 2.44. The normalized spacial score (nSPS) is 17.1. The third kappa shape index (κ3) is 2.04. The van der Waals surface area contributed by atoms with E-state index >= 15 is 0 Å². The molecule has 0 radical (unpaired) electrons. The van der Waals surface area contributed by atoms with Crippen LogP contribution >= 0.6 is 0 Å². The van der Waals surface area contributed by atoms with Crippen molar-refractivity contribution < 1.29 is 9.31 Å². The van der Waals surface area contributed by atoms with E-state index < -0.39 is 10.7 Å². The lowest BCUT2D eigenvalue weighted by Gasteiger charge is -2.12. The maximum atomic E-state index is 13.1. The number of nitrogens with two attached hydrogens (primary N) is 1. The summed E-state index contributed by atoms with van der Waals surface area (Å²) in [6.45, 7) is 0.501. The van der Waals surface area contributed by atoms with E-state index in [0.717, 1.165) is 18.9 Å². The molecule has 2 rings (SSSR count). The highest BCUT2D eigenvalue weighted by atomic mass is 19.1. The molecular formula is C11H13FN2O2. The summed E-state index contributed by atoms with van der Waals surface area (Å²) in [7, 11) is 0. The van der Waals surface area contributed by atoms with Crippen molar-refractivity contribution in [1.82, 2.24) is 0 Å². The van der Waals surface area contributed by atoms with Crippen molar-refractivity contribution in [1.29, 1.82) is 0 Å². The van der Waals surface area contributed by atoms with Crippen LogP contribution in [0.25, 0.3) is 0 Å². The van der Waals surface area contributed by atoms with Gasteiger partial charge in [0.2, 0.25) is 0 Å². The Balaban J connectivity index is 2.31. The van der Waals surface area contributed by atoms with Gasteiger partial charge in [0.25, 0.3) is 5.69 Å². The first kappa shape index (κ1) is 11.0. The third-order valence-electron chi connectivity index (χ3n) is 3.19. The molecule has 1 aromatic carbocycles. The minimum Gasteiger partial charge on any atom is -0.330 e. The molecule has 4 nitrogen and oxygen atoms in total. The van der Waals surface area contributed by atoms with E-state index in [1.54, 1.807) is 0 Å². The number of rotatable bonds is 4. The zero-order chi connectivity index (χ0) is 11.8. The smallest absolute Gasteiger partial charge is 0.272 e. The number of nitro groups is 1. The fourth-order valence-corrected chi connectivity index (χ4v) is 1.91. The van der Waals surface area contributed by atoms with Crippen LogP contribution in [0.3, 0.4) is 0 Å². The molecule has 0 aromatic heterocycles. The van der Waals surface area contributed by atoms with Crippen LogP contribution in [-0.4, -0.2) is 11.5 Å². The van der Waals surface area contributed by atoms with Crippen LogP contribution in [0.4, 0.5) is 10.1 Å². The van der Waals surface area contributed by atoms with Crippen LogP contribution in [0.15, 0.2) is 18.2 Å². The molecule has 0 unspecified atom stereocenters. The standard InChI is InChI=1S/C11H13FN2O2/c12-9-1-2-10(14(15)16)8(5-9)6-11(7-13)3-4-11/h1-2,5H,3-4,6-7,13H2. The van der Waals surface area contributed by atoms with Gasteiger partial charge >= 0.3 is 0 Å². The second kappa shape index (κ2) is 3.83. The largest absolute Gasteiger partial charge is 0.330 e. The lowest BCUT2D eigenvalue weighted by atomic mass is 9.95.